The Bertz CT molecular complexity index is 2000. The quantitative estimate of drug-likeness (QED) is 0.0519. The minimum Gasteiger partial charge on any atom is -0.296 e. The highest BCUT2D eigenvalue weighted by Gasteiger charge is 2.51. The average molecular weight is 1020 g/mol. The Morgan fingerprint density at radius 3 is 0.957 bits per heavy atom. The highest BCUT2D eigenvalue weighted by Crippen LogP contribution is 2.36. The standard InChI is InChI=1S/2C16H34N6.C7H5F3O3S.C7H8O3S/c2*1-7-15(17-9-10-18-15)13(3,4)21-22-14(5,6)16(8-2)19-11-12-20-16;8-7(9,10)13-14(11,12)6-4-2-1-3-5-6;8-11(9,10)6-7-4-2-1-3-5-7/h2*17-20H,7-12H2,1-6H3;1-5H;1-5H,6H2,(H,8,9,10). The third kappa shape index (κ3) is 15.7. The first-order chi connectivity index (χ1) is 31.9. The molecule has 0 amide bonds. The molecular formula is C46H81F3N12O6S2. The van der Waals surface area contributed by atoms with Crippen LogP contribution in [0.15, 0.2) is 86.0 Å². The van der Waals surface area contributed by atoms with E-state index >= 15 is 0 Å². The molecule has 2 aromatic rings. The monoisotopic (exact) mass is 1020 g/mol. The minimum atomic E-state index is -5.20. The first kappa shape index (κ1) is 60.2. The van der Waals surface area contributed by atoms with E-state index in [1.807, 2.05) is 0 Å². The van der Waals surface area contributed by atoms with Gasteiger partial charge in [0.15, 0.2) is 0 Å². The number of halogens is 3. The number of azo groups is 2. The highest BCUT2D eigenvalue weighted by atomic mass is 32.2. The summed E-state index contributed by atoms with van der Waals surface area (Å²) in [6.45, 7) is 34.0. The summed E-state index contributed by atoms with van der Waals surface area (Å²) in [6, 6.07) is 14.6. The molecule has 9 N–H and O–H groups in total. The van der Waals surface area contributed by atoms with Crippen molar-refractivity contribution >= 4 is 20.2 Å². The van der Waals surface area contributed by atoms with Crippen molar-refractivity contribution in [3.8, 4) is 0 Å². The van der Waals surface area contributed by atoms with Crippen molar-refractivity contribution in [2.45, 2.75) is 171 Å². The van der Waals surface area contributed by atoms with E-state index in [4.69, 9.17) is 25.0 Å². The second-order valence-corrected chi connectivity index (χ2v) is 22.6. The molecule has 4 aliphatic rings. The molecule has 0 spiro atoms. The van der Waals surface area contributed by atoms with Crippen LogP contribution in [-0.2, 0) is 30.2 Å². The molecule has 4 heterocycles. The van der Waals surface area contributed by atoms with Crippen molar-refractivity contribution in [3.05, 3.63) is 66.2 Å². The van der Waals surface area contributed by atoms with Gasteiger partial charge in [0.2, 0.25) is 0 Å². The molecule has 2 aromatic carbocycles. The molecular weight excluding hydrogens is 938 g/mol. The van der Waals surface area contributed by atoms with Crippen molar-refractivity contribution < 1.29 is 38.7 Å². The topological polar surface area (TPSA) is 243 Å². The summed E-state index contributed by atoms with van der Waals surface area (Å²) in [7, 11) is -8.62. The van der Waals surface area contributed by atoms with Gasteiger partial charge in [0.25, 0.3) is 10.1 Å². The highest BCUT2D eigenvalue weighted by molar-refractivity contribution is 7.86. The number of hydrogen-bond donors (Lipinski definition) is 9. The van der Waals surface area contributed by atoms with Crippen LogP contribution in [0.2, 0.25) is 0 Å². The largest absolute Gasteiger partial charge is 0.537 e. The Morgan fingerprint density at radius 1 is 0.493 bits per heavy atom. The van der Waals surface area contributed by atoms with Crippen LogP contribution in [0.3, 0.4) is 0 Å². The smallest absolute Gasteiger partial charge is 0.296 e. The predicted molar refractivity (Wildman–Crippen MR) is 265 cm³/mol. The van der Waals surface area contributed by atoms with Crippen LogP contribution < -0.4 is 42.5 Å². The third-order valence-electron chi connectivity index (χ3n) is 13.7. The maximum atomic E-state index is 11.6. The zero-order chi connectivity index (χ0) is 52.1. The van der Waals surface area contributed by atoms with E-state index in [0.717, 1.165) is 90.2 Å². The van der Waals surface area contributed by atoms with Crippen LogP contribution in [0.1, 0.15) is 114 Å². The summed E-state index contributed by atoms with van der Waals surface area (Å²) < 4.78 is 88.9. The summed E-state index contributed by atoms with van der Waals surface area (Å²) in [5, 5.41) is 48.0. The van der Waals surface area contributed by atoms with E-state index in [2.05, 4.69) is 130 Å². The number of nitrogens with one attached hydrogen (secondary N) is 8. The van der Waals surface area contributed by atoms with Gasteiger partial charge in [-0.25, -0.2) is 0 Å². The first-order valence-corrected chi connectivity index (χ1v) is 26.8. The van der Waals surface area contributed by atoms with Crippen LogP contribution in [0, 0.1) is 0 Å². The Kier molecular flexibility index (Phi) is 21.0. The lowest BCUT2D eigenvalue weighted by Gasteiger charge is -2.43. The predicted octanol–water partition coefficient (Wildman–Crippen LogP) is 6.17. The molecule has 4 aliphatic heterocycles. The van der Waals surface area contributed by atoms with Gasteiger partial charge in [0, 0.05) is 52.4 Å². The van der Waals surface area contributed by atoms with E-state index < -0.39 is 31.5 Å². The Hall–Kier alpha value is -3.07. The molecule has 4 saturated heterocycles. The van der Waals surface area contributed by atoms with Gasteiger partial charge in [0.1, 0.15) is 27.9 Å². The Labute approximate surface area is 409 Å². The van der Waals surface area contributed by atoms with Crippen molar-refractivity contribution in [1.29, 1.82) is 0 Å². The van der Waals surface area contributed by atoms with E-state index in [9.17, 15) is 30.0 Å². The molecule has 6 rings (SSSR count). The molecule has 394 valence electrons. The van der Waals surface area contributed by atoms with Crippen LogP contribution in [0.5, 0.6) is 0 Å². The zero-order valence-corrected chi connectivity index (χ0v) is 44.3. The van der Waals surface area contributed by atoms with Crippen LogP contribution in [0.4, 0.5) is 13.2 Å². The van der Waals surface area contributed by atoms with Crippen molar-refractivity contribution in [3.63, 3.8) is 0 Å². The number of hydrogen-bond acceptors (Lipinski definition) is 17. The molecule has 4 fully saturated rings. The summed E-state index contributed by atoms with van der Waals surface area (Å²) >= 11 is 0. The molecule has 0 unspecified atom stereocenters. The maximum absolute atomic E-state index is 11.6. The van der Waals surface area contributed by atoms with Gasteiger partial charge >= 0.3 is 16.5 Å². The van der Waals surface area contributed by atoms with Gasteiger partial charge in [0.05, 0.1) is 27.5 Å². The molecule has 0 radical (unpaired) electrons. The summed E-state index contributed by atoms with van der Waals surface area (Å²) in [5.41, 5.74) is -1.27. The maximum Gasteiger partial charge on any atom is 0.537 e. The fraction of sp³-hybridized carbons (Fsp3) is 0.739. The molecule has 0 aromatic heterocycles. The average Bonchev–Trinajstić information content (AvgIpc) is 4.14. The SMILES string of the molecule is CCC1(C(C)(C)N=NC(C)(C)C2(CC)NCCN2)NCCN1.CCC1(C(C)(C)N=NC(C)(C)C2(CC)NCCN2)NCCN1.O=S(=O)(O)Cc1ccccc1.O=S(=O)(OC(F)(F)F)c1ccccc1. The van der Waals surface area contributed by atoms with E-state index in [1.54, 1.807) is 30.3 Å². The van der Waals surface area contributed by atoms with E-state index in [-0.39, 0.29) is 50.6 Å². The second kappa shape index (κ2) is 24.1. The number of rotatable bonds is 16. The third-order valence-corrected chi connectivity index (χ3v) is 15.7. The lowest BCUT2D eigenvalue weighted by atomic mass is 9.85. The van der Waals surface area contributed by atoms with E-state index in [0.29, 0.717) is 5.56 Å². The normalized spacial score (nSPS) is 20.5. The molecule has 69 heavy (non-hydrogen) atoms. The lowest BCUT2D eigenvalue weighted by Crippen LogP contribution is -2.64. The fourth-order valence-electron chi connectivity index (χ4n) is 9.30. The Balaban J connectivity index is 0.000000253. The summed E-state index contributed by atoms with van der Waals surface area (Å²) in [5.74, 6) is -0.312. The number of benzene rings is 2. The van der Waals surface area contributed by atoms with Crippen LogP contribution >= 0.6 is 0 Å². The van der Waals surface area contributed by atoms with E-state index in [1.165, 1.54) is 18.2 Å². The van der Waals surface area contributed by atoms with Crippen molar-refractivity contribution in [2.24, 2.45) is 20.5 Å². The molecule has 0 aliphatic carbocycles. The zero-order valence-electron chi connectivity index (χ0n) is 42.7. The second-order valence-electron chi connectivity index (χ2n) is 19.6. The number of nitrogens with zero attached hydrogens (tertiary/aromatic N) is 4. The lowest BCUT2D eigenvalue weighted by molar-refractivity contribution is -0.271. The van der Waals surface area contributed by atoms with Crippen LogP contribution in [-0.4, -0.2) is 125 Å². The van der Waals surface area contributed by atoms with Gasteiger partial charge in [-0.05, 0) is 98.8 Å². The molecule has 0 atom stereocenters. The summed E-state index contributed by atoms with van der Waals surface area (Å²) in [6.07, 6.45) is -1.28. The molecule has 0 saturated carbocycles. The van der Waals surface area contributed by atoms with Gasteiger partial charge in [-0.3, -0.25) is 47.1 Å². The van der Waals surface area contributed by atoms with Gasteiger partial charge in [-0.2, -0.15) is 41.5 Å². The Morgan fingerprint density at radius 2 is 0.739 bits per heavy atom. The van der Waals surface area contributed by atoms with Crippen LogP contribution in [0.25, 0.3) is 0 Å². The fourth-order valence-corrected chi connectivity index (χ4v) is 10.8. The molecule has 18 nitrogen and oxygen atoms in total. The molecule has 0 bridgehead atoms. The molecule has 23 heteroatoms. The summed E-state index contributed by atoms with van der Waals surface area (Å²) in [4.78, 5) is -0.530. The van der Waals surface area contributed by atoms with Crippen molar-refractivity contribution in [2.75, 3.05) is 52.4 Å². The first-order valence-electron chi connectivity index (χ1n) is 23.8. The van der Waals surface area contributed by atoms with Crippen molar-refractivity contribution in [1.82, 2.24) is 42.5 Å². The number of alkyl halides is 3. The van der Waals surface area contributed by atoms with Gasteiger partial charge in [-0.1, -0.05) is 76.2 Å². The van der Waals surface area contributed by atoms with Gasteiger partial charge < -0.3 is 0 Å². The minimum absolute atomic E-state index is 0.164. The van der Waals surface area contributed by atoms with Gasteiger partial charge in [-0.15, -0.1) is 13.2 Å².